The molecule has 2 aliphatic heterocycles. The Morgan fingerprint density at radius 2 is 1.17 bits per heavy atom. The molecule has 0 aliphatic carbocycles. The van der Waals surface area contributed by atoms with E-state index in [1.807, 2.05) is 43.3 Å². The van der Waals surface area contributed by atoms with Crippen LogP contribution in [0.5, 0.6) is 46.0 Å². The number of halogens is 2. The monoisotopic (exact) mass is 674 g/mol. The summed E-state index contributed by atoms with van der Waals surface area (Å²) in [4.78, 5) is 0. The quantitative estimate of drug-likeness (QED) is 0.111. The van der Waals surface area contributed by atoms with Crippen molar-refractivity contribution in [1.29, 1.82) is 0 Å². The van der Waals surface area contributed by atoms with Crippen molar-refractivity contribution in [3.8, 4) is 90.8 Å². The lowest BCUT2D eigenvalue weighted by atomic mass is 9.98. The lowest BCUT2D eigenvalue weighted by Gasteiger charge is -2.08. The minimum absolute atomic E-state index is 0.0989. The third-order valence-corrected chi connectivity index (χ3v) is 8.19. The molecule has 4 heterocycles. The number of hydrogen-bond donors (Lipinski definition) is 6. The Morgan fingerprint density at radius 1 is 0.617 bits per heavy atom. The van der Waals surface area contributed by atoms with Gasteiger partial charge in [-0.1, -0.05) is 35.3 Å². The van der Waals surface area contributed by atoms with Gasteiger partial charge in [0, 0.05) is 40.1 Å². The molecular formula is C33H24Cl2N4O8. The van der Waals surface area contributed by atoms with Crippen LogP contribution in [0.2, 0.25) is 10.0 Å². The van der Waals surface area contributed by atoms with Crippen molar-refractivity contribution in [2.45, 2.75) is 6.92 Å². The molecule has 2 aliphatic rings. The molecule has 0 amide bonds. The van der Waals surface area contributed by atoms with Crippen LogP contribution < -0.4 is 18.9 Å². The van der Waals surface area contributed by atoms with Gasteiger partial charge in [-0.15, -0.1) is 0 Å². The van der Waals surface area contributed by atoms with Crippen LogP contribution in [0.15, 0.2) is 66.9 Å². The lowest BCUT2D eigenvalue weighted by molar-refractivity contribution is 0.173. The summed E-state index contributed by atoms with van der Waals surface area (Å²) in [5, 5.41) is 53.9. The molecule has 4 aromatic carbocycles. The predicted molar refractivity (Wildman–Crippen MR) is 173 cm³/mol. The summed E-state index contributed by atoms with van der Waals surface area (Å²) in [6, 6.07) is 16.5. The van der Waals surface area contributed by atoms with Crippen molar-refractivity contribution in [3.63, 3.8) is 0 Å². The molecule has 0 spiro atoms. The second-order valence-corrected chi connectivity index (χ2v) is 11.3. The first-order valence-corrected chi connectivity index (χ1v) is 14.8. The minimum Gasteiger partial charge on any atom is -0.507 e. The van der Waals surface area contributed by atoms with Gasteiger partial charge in [-0.05, 0) is 54.4 Å². The number of rotatable bonds is 4. The van der Waals surface area contributed by atoms with Gasteiger partial charge in [0.1, 0.15) is 28.7 Å². The average Bonchev–Trinajstić information content (AvgIpc) is 3.87. The number of aromatic amines is 2. The van der Waals surface area contributed by atoms with E-state index in [0.29, 0.717) is 45.5 Å². The molecule has 8 rings (SSSR count). The Kier molecular flexibility index (Phi) is 7.58. The maximum atomic E-state index is 10.2. The van der Waals surface area contributed by atoms with Gasteiger partial charge in [-0.25, -0.2) is 0 Å². The van der Waals surface area contributed by atoms with Gasteiger partial charge in [0.15, 0.2) is 23.0 Å². The third kappa shape index (κ3) is 5.53. The first-order chi connectivity index (χ1) is 22.7. The van der Waals surface area contributed by atoms with E-state index in [4.69, 9.17) is 42.1 Å². The van der Waals surface area contributed by atoms with Crippen LogP contribution in [0, 0.1) is 6.92 Å². The Labute approximate surface area is 276 Å². The second-order valence-electron chi connectivity index (χ2n) is 10.5. The topological polar surface area (TPSA) is 175 Å². The molecule has 0 atom stereocenters. The molecule has 12 nitrogen and oxygen atoms in total. The highest BCUT2D eigenvalue weighted by molar-refractivity contribution is 6.32. The predicted octanol–water partition coefficient (Wildman–Crippen LogP) is 7.38. The maximum Gasteiger partial charge on any atom is 0.231 e. The number of phenols is 4. The third-order valence-electron chi connectivity index (χ3n) is 7.59. The van der Waals surface area contributed by atoms with Crippen LogP contribution in [0.4, 0.5) is 0 Å². The highest BCUT2D eigenvalue weighted by Gasteiger charge is 2.22. The summed E-state index contributed by atoms with van der Waals surface area (Å²) in [6.45, 7) is 2.28. The van der Waals surface area contributed by atoms with E-state index in [1.54, 1.807) is 6.20 Å². The zero-order valence-electron chi connectivity index (χ0n) is 24.3. The van der Waals surface area contributed by atoms with Gasteiger partial charge in [-0.3, -0.25) is 10.2 Å². The van der Waals surface area contributed by atoms with Crippen molar-refractivity contribution in [1.82, 2.24) is 20.4 Å². The number of nitrogens with one attached hydrogen (secondary N) is 2. The largest absolute Gasteiger partial charge is 0.507 e. The molecule has 47 heavy (non-hydrogen) atoms. The first-order valence-electron chi connectivity index (χ1n) is 14.0. The van der Waals surface area contributed by atoms with Crippen LogP contribution in [0.25, 0.3) is 44.8 Å². The highest BCUT2D eigenvalue weighted by atomic mass is 35.5. The Bertz CT molecular complexity index is 2160. The lowest BCUT2D eigenvalue weighted by Crippen LogP contribution is -1.92. The number of benzene rings is 4. The fourth-order valence-corrected chi connectivity index (χ4v) is 5.62. The van der Waals surface area contributed by atoms with E-state index in [1.165, 1.54) is 24.3 Å². The zero-order valence-corrected chi connectivity index (χ0v) is 25.8. The second kappa shape index (κ2) is 11.9. The fourth-order valence-electron chi connectivity index (χ4n) is 5.30. The Morgan fingerprint density at radius 3 is 1.83 bits per heavy atom. The fraction of sp³-hybridized carbons (Fsp3) is 0.0909. The van der Waals surface area contributed by atoms with E-state index < -0.39 is 0 Å². The molecule has 6 aromatic rings. The number of hydrogen-bond acceptors (Lipinski definition) is 10. The summed E-state index contributed by atoms with van der Waals surface area (Å²) >= 11 is 11.9. The van der Waals surface area contributed by atoms with Crippen molar-refractivity contribution in [2.24, 2.45) is 0 Å². The number of aromatic nitrogens is 4. The SMILES string of the molecule is Cc1[nH]nc(-c2cc(Cl)c(O)cc2O)c1-c1ccc2c(c1)OCO2.Oc1cc(O)c(-c2[nH]ncc2-c2ccc3c(c2)OCO3)cc1Cl. The van der Waals surface area contributed by atoms with Crippen molar-refractivity contribution >= 4 is 23.2 Å². The standard InChI is InChI=1S/C17H13ClN2O4.C16H11ClN2O4/c1-8-16(9-2-3-14-15(4-9)24-7-23-14)17(20-19-8)10-5-11(18)13(22)6-12(10)21;17-11-4-9(12(20)5-13(11)21)16-10(6-18-19-16)8-1-2-14-15(3-8)23-7-22-14/h2-6,21-22H,7H2,1H3,(H,19,20);1-6,20-21H,7H2,(H,18,19). The molecule has 0 saturated heterocycles. The summed E-state index contributed by atoms with van der Waals surface area (Å²) in [5.74, 6) is 2.12. The number of ether oxygens (including phenoxy) is 4. The van der Waals surface area contributed by atoms with Gasteiger partial charge in [-0.2, -0.15) is 10.2 Å². The van der Waals surface area contributed by atoms with Crippen LogP contribution in [-0.2, 0) is 0 Å². The molecule has 0 radical (unpaired) electrons. The van der Waals surface area contributed by atoms with E-state index in [9.17, 15) is 20.4 Å². The molecule has 0 bridgehead atoms. The Balaban J connectivity index is 0.000000150. The number of aromatic hydroxyl groups is 4. The summed E-state index contributed by atoms with van der Waals surface area (Å²) in [5.41, 5.74) is 6.10. The van der Waals surface area contributed by atoms with Crippen molar-refractivity contribution in [2.75, 3.05) is 13.6 Å². The zero-order chi connectivity index (χ0) is 32.8. The molecule has 238 valence electrons. The van der Waals surface area contributed by atoms with Crippen molar-refractivity contribution < 1.29 is 39.4 Å². The first kappa shape index (κ1) is 30.0. The summed E-state index contributed by atoms with van der Waals surface area (Å²) in [7, 11) is 0. The van der Waals surface area contributed by atoms with E-state index in [2.05, 4.69) is 20.4 Å². The normalized spacial score (nSPS) is 12.6. The minimum atomic E-state index is -0.185. The van der Waals surface area contributed by atoms with Gasteiger partial charge >= 0.3 is 0 Å². The van der Waals surface area contributed by atoms with Gasteiger partial charge in [0.05, 0.1) is 21.9 Å². The molecule has 0 saturated carbocycles. The molecular weight excluding hydrogens is 651 g/mol. The van der Waals surface area contributed by atoms with Crippen LogP contribution >= 0.6 is 23.2 Å². The number of phenolic OH excluding ortho intramolecular Hbond substituents is 4. The van der Waals surface area contributed by atoms with Crippen LogP contribution in [0.1, 0.15) is 5.69 Å². The van der Waals surface area contributed by atoms with E-state index >= 15 is 0 Å². The van der Waals surface area contributed by atoms with Crippen LogP contribution in [-0.4, -0.2) is 54.4 Å². The molecule has 0 fully saturated rings. The molecule has 6 N–H and O–H groups in total. The van der Waals surface area contributed by atoms with Gasteiger partial charge in [0.2, 0.25) is 13.6 Å². The summed E-state index contributed by atoms with van der Waals surface area (Å²) < 4.78 is 21.4. The van der Waals surface area contributed by atoms with E-state index in [0.717, 1.165) is 27.9 Å². The summed E-state index contributed by atoms with van der Waals surface area (Å²) in [6.07, 6.45) is 1.65. The highest BCUT2D eigenvalue weighted by Crippen LogP contribution is 2.45. The van der Waals surface area contributed by atoms with Crippen LogP contribution in [0.3, 0.4) is 0 Å². The average molecular weight is 675 g/mol. The smallest absolute Gasteiger partial charge is 0.231 e. The van der Waals surface area contributed by atoms with Crippen molar-refractivity contribution in [3.05, 3.63) is 82.6 Å². The molecule has 0 unspecified atom stereocenters. The number of aryl methyl sites for hydroxylation is 1. The van der Waals surface area contributed by atoms with Gasteiger partial charge < -0.3 is 39.4 Å². The van der Waals surface area contributed by atoms with E-state index in [-0.39, 0.29) is 46.6 Å². The maximum absolute atomic E-state index is 10.2. The molecule has 14 heteroatoms. The number of nitrogens with zero attached hydrogens (tertiary/aromatic N) is 2. The molecule has 2 aromatic heterocycles. The van der Waals surface area contributed by atoms with Gasteiger partial charge in [0.25, 0.3) is 0 Å². The Hall–Kier alpha value is -5.72. The number of fused-ring (bicyclic) bond motifs is 2. The number of H-pyrrole nitrogens is 2.